The summed E-state index contributed by atoms with van der Waals surface area (Å²) < 4.78 is 13.9. The SMILES string of the molecule is CCc1nc(-c2ccc(F)c3ccccc23)[nH]c(=O)c1C. The Kier molecular flexibility index (Phi) is 3.29. The smallest absolute Gasteiger partial charge is 0.254 e. The van der Waals surface area contributed by atoms with Crippen molar-refractivity contribution in [2.45, 2.75) is 20.3 Å². The van der Waals surface area contributed by atoms with E-state index in [1.54, 1.807) is 25.1 Å². The van der Waals surface area contributed by atoms with Gasteiger partial charge >= 0.3 is 0 Å². The Morgan fingerprint density at radius 2 is 1.86 bits per heavy atom. The highest BCUT2D eigenvalue weighted by Crippen LogP contribution is 2.28. The number of aromatic amines is 1. The van der Waals surface area contributed by atoms with Crippen LogP contribution in [0.15, 0.2) is 41.2 Å². The maximum atomic E-state index is 13.9. The highest BCUT2D eigenvalue weighted by molar-refractivity contribution is 5.95. The van der Waals surface area contributed by atoms with E-state index >= 15 is 0 Å². The van der Waals surface area contributed by atoms with Gasteiger partial charge in [-0.15, -0.1) is 0 Å². The van der Waals surface area contributed by atoms with E-state index in [-0.39, 0.29) is 11.4 Å². The summed E-state index contributed by atoms with van der Waals surface area (Å²) >= 11 is 0. The first-order valence-electron chi connectivity index (χ1n) is 6.89. The van der Waals surface area contributed by atoms with Gasteiger partial charge in [0, 0.05) is 16.5 Å². The Labute approximate surface area is 121 Å². The number of fused-ring (bicyclic) bond motifs is 1. The summed E-state index contributed by atoms with van der Waals surface area (Å²) in [5.74, 6) is 0.207. The molecule has 0 fully saturated rings. The number of rotatable bonds is 2. The summed E-state index contributed by atoms with van der Waals surface area (Å²) in [5, 5.41) is 1.27. The van der Waals surface area contributed by atoms with Crippen LogP contribution < -0.4 is 5.56 Å². The van der Waals surface area contributed by atoms with Crippen LogP contribution in [0.5, 0.6) is 0 Å². The molecule has 3 rings (SSSR count). The maximum absolute atomic E-state index is 13.9. The molecule has 106 valence electrons. The fourth-order valence-corrected chi connectivity index (χ4v) is 2.52. The van der Waals surface area contributed by atoms with Gasteiger partial charge in [-0.3, -0.25) is 4.79 Å². The summed E-state index contributed by atoms with van der Waals surface area (Å²) in [6.07, 6.45) is 0.682. The summed E-state index contributed by atoms with van der Waals surface area (Å²) in [6, 6.07) is 10.3. The standard InChI is InChI=1S/C17H15FN2O/c1-3-15-10(2)17(21)20-16(19-15)13-8-9-14(18)12-7-5-4-6-11(12)13/h4-9H,3H2,1-2H3,(H,19,20,21). The molecule has 0 spiro atoms. The monoisotopic (exact) mass is 282 g/mol. The number of halogens is 1. The Balaban J connectivity index is 2.34. The fraction of sp³-hybridized carbons (Fsp3) is 0.176. The summed E-state index contributed by atoms with van der Waals surface area (Å²) in [7, 11) is 0. The molecule has 0 unspecified atom stereocenters. The number of nitrogens with zero attached hydrogens (tertiary/aromatic N) is 1. The molecule has 4 heteroatoms. The van der Waals surface area contributed by atoms with E-state index in [1.165, 1.54) is 6.07 Å². The van der Waals surface area contributed by atoms with Crippen LogP contribution in [0.3, 0.4) is 0 Å². The molecular weight excluding hydrogens is 267 g/mol. The average Bonchev–Trinajstić information content (AvgIpc) is 2.51. The molecule has 0 aliphatic carbocycles. The number of hydrogen-bond acceptors (Lipinski definition) is 2. The molecule has 0 radical (unpaired) electrons. The minimum absolute atomic E-state index is 0.148. The summed E-state index contributed by atoms with van der Waals surface area (Å²) in [5.41, 5.74) is 1.99. The van der Waals surface area contributed by atoms with E-state index in [0.717, 1.165) is 16.6 Å². The van der Waals surface area contributed by atoms with E-state index in [0.29, 0.717) is 23.2 Å². The minimum Gasteiger partial charge on any atom is -0.306 e. The molecule has 0 aliphatic heterocycles. The Bertz CT molecular complexity index is 884. The molecule has 2 aromatic carbocycles. The van der Waals surface area contributed by atoms with Gasteiger partial charge in [-0.05, 0) is 30.9 Å². The second-order valence-corrected chi connectivity index (χ2v) is 4.98. The number of nitrogens with one attached hydrogen (secondary N) is 1. The van der Waals surface area contributed by atoms with Crippen LogP contribution in [0, 0.1) is 12.7 Å². The molecule has 3 aromatic rings. The predicted molar refractivity (Wildman–Crippen MR) is 81.9 cm³/mol. The van der Waals surface area contributed by atoms with Gasteiger partial charge in [0.25, 0.3) is 5.56 Å². The molecule has 3 nitrogen and oxygen atoms in total. The molecular formula is C17H15FN2O. The lowest BCUT2D eigenvalue weighted by atomic mass is 10.0. The van der Waals surface area contributed by atoms with Crippen molar-refractivity contribution in [3.63, 3.8) is 0 Å². The molecule has 0 aliphatic rings. The number of H-pyrrole nitrogens is 1. The first kappa shape index (κ1) is 13.5. The van der Waals surface area contributed by atoms with Gasteiger partial charge in [-0.25, -0.2) is 9.37 Å². The third kappa shape index (κ3) is 2.23. The highest BCUT2D eigenvalue weighted by atomic mass is 19.1. The van der Waals surface area contributed by atoms with Crippen molar-refractivity contribution in [1.29, 1.82) is 0 Å². The van der Waals surface area contributed by atoms with Gasteiger partial charge < -0.3 is 4.98 Å². The maximum Gasteiger partial charge on any atom is 0.254 e. The number of benzene rings is 2. The third-order valence-corrected chi connectivity index (χ3v) is 3.71. The minimum atomic E-state index is -0.278. The van der Waals surface area contributed by atoms with Crippen LogP contribution in [-0.4, -0.2) is 9.97 Å². The van der Waals surface area contributed by atoms with Gasteiger partial charge in [0.15, 0.2) is 0 Å². The van der Waals surface area contributed by atoms with Crippen LogP contribution in [0.25, 0.3) is 22.2 Å². The van der Waals surface area contributed by atoms with E-state index in [2.05, 4.69) is 9.97 Å². The van der Waals surface area contributed by atoms with E-state index in [4.69, 9.17) is 0 Å². The van der Waals surface area contributed by atoms with Gasteiger partial charge in [-0.1, -0.05) is 31.2 Å². The fourth-order valence-electron chi connectivity index (χ4n) is 2.52. The van der Waals surface area contributed by atoms with Crippen LogP contribution in [-0.2, 0) is 6.42 Å². The zero-order valence-corrected chi connectivity index (χ0v) is 11.9. The lowest BCUT2D eigenvalue weighted by molar-refractivity contribution is 0.640. The Hall–Kier alpha value is -2.49. The number of aromatic nitrogens is 2. The zero-order chi connectivity index (χ0) is 15.0. The van der Waals surface area contributed by atoms with Gasteiger partial charge in [0.05, 0.1) is 5.69 Å². The van der Waals surface area contributed by atoms with E-state index in [1.807, 2.05) is 19.1 Å². The van der Waals surface area contributed by atoms with Crippen LogP contribution >= 0.6 is 0 Å². The quantitative estimate of drug-likeness (QED) is 0.780. The second-order valence-electron chi connectivity index (χ2n) is 4.98. The largest absolute Gasteiger partial charge is 0.306 e. The van der Waals surface area contributed by atoms with Crippen LogP contribution in [0.4, 0.5) is 4.39 Å². The molecule has 0 amide bonds. The molecule has 0 atom stereocenters. The van der Waals surface area contributed by atoms with Crippen molar-refractivity contribution in [3.8, 4) is 11.4 Å². The Morgan fingerprint density at radius 3 is 2.57 bits per heavy atom. The van der Waals surface area contributed by atoms with Crippen molar-refractivity contribution in [3.05, 3.63) is 63.8 Å². The van der Waals surface area contributed by atoms with Crippen molar-refractivity contribution < 1.29 is 4.39 Å². The van der Waals surface area contributed by atoms with Crippen molar-refractivity contribution >= 4 is 10.8 Å². The third-order valence-electron chi connectivity index (χ3n) is 3.71. The molecule has 1 N–H and O–H groups in total. The van der Waals surface area contributed by atoms with Crippen molar-refractivity contribution in [1.82, 2.24) is 9.97 Å². The summed E-state index contributed by atoms with van der Waals surface area (Å²) in [4.78, 5) is 19.3. The van der Waals surface area contributed by atoms with Gasteiger partial charge in [0.1, 0.15) is 11.6 Å². The molecule has 0 saturated heterocycles. The highest BCUT2D eigenvalue weighted by Gasteiger charge is 2.12. The topological polar surface area (TPSA) is 45.8 Å². The lowest BCUT2D eigenvalue weighted by Gasteiger charge is -2.09. The molecule has 1 aromatic heterocycles. The molecule has 0 bridgehead atoms. The zero-order valence-electron chi connectivity index (χ0n) is 11.9. The van der Waals surface area contributed by atoms with Crippen molar-refractivity contribution in [2.24, 2.45) is 0 Å². The first-order valence-corrected chi connectivity index (χ1v) is 6.89. The summed E-state index contributed by atoms with van der Waals surface area (Å²) in [6.45, 7) is 3.72. The molecule has 0 saturated carbocycles. The van der Waals surface area contributed by atoms with Gasteiger partial charge in [0.2, 0.25) is 0 Å². The number of aryl methyl sites for hydroxylation is 1. The normalized spacial score (nSPS) is 11.0. The second kappa shape index (κ2) is 5.13. The average molecular weight is 282 g/mol. The van der Waals surface area contributed by atoms with Crippen LogP contribution in [0.2, 0.25) is 0 Å². The van der Waals surface area contributed by atoms with Crippen molar-refractivity contribution in [2.75, 3.05) is 0 Å². The Morgan fingerprint density at radius 1 is 1.14 bits per heavy atom. The molecule has 1 heterocycles. The lowest BCUT2D eigenvalue weighted by Crippen LogP contribution is -2.15. The van der Waals surface area contributed by atoms with Gasteiger partial charge in [-0.2, -0.15) is 0 Å². The van der Waals surface area contributed by atoms with Crippen LogP contribution in [0.1, 0.15) is 18.2 Å². The first-order chi connectivity index (χ1) is 10.1. The van der Waals surface area contributed by atoms with E-state index < -0.39 is 0 Å². The van der Waals surface area contributed by atoms with E-state index in [9.17, 15) is 9.18 Å². The predicted octanol–water partition coefficient (Wildman–Crippen LogP) is 3.60. The number of hydrogen-bond donors (Lipinski definition) is 1. The molecule has 21 heavy (non-hydrogen) atoms.